The van der Waals surface area contributed by atoms with Crippen molar-refractivity contribution in [2.45, 2.75) is 38.6 Å². The van der Waals surface area contributed by atoms with Crippen LogP contribution in [0.3, 0.4) is 0 Å². The molecule has 0 unspecified atom stereocenters. The van der Waals surface area contributed by atoms with Crippen molar-refractivity contribution in [3.05, 3.63) is 41.6 Å². The van der Waals surface area contributed by atoms with Crippen LogP contribution in [-0.2, 0) is 0 Å². The van der Waals surface area contributed by atoms with Crippen molar-refractivity contribution in [2.24, 2.45) is 0 Å². The quantitative estimate of drug-likeness (QED) is 0.827. The Balaban J connectivity index is 1.85. The van der Waals surface area contributed by atoms with Gasteiger partial charge in [0, 0.05) is 29.1 Å². The average Bonchev–Trinajstić information content (AvgIpc) is 2.47. The van der Waals surface area contributed by atoms with Gasteiger partial charge in [0.25, 0.3) is 0 Å². The van der Waals surface area contributed by atoms with Gasteiger partial charge in [0.05, 0.1) is 0 Å². The summed E-state index contributed by atoms with van der Waals surface area (Å²) in [6, 6.07) is 6.49. The van der Waals surface area contributed by atoms with Gasteiger partial charge in [0.2, 0.25) is 0 Å². The lowest BCUT2D eigenvalue weighted by atomic mass is 9.92. The highest BCUT2D eigenvalue weighted by atomic mass is 19.1. The van der Waals surface area contributed by atoms with E-state index in [1.54, 1.807) is 6.07 Å². The van der Waals surface area contributed by atoms with Crippen molar-refractivity contribution in [2.75, 3.05) is 13.1 Å². The van der Waals surface area contributed by atoms with E-state index >= 15 is 0 Å². The minimum atomic E-state index is -0.577. The van der Waals surface area contributed by atoms with Crippen molar-refractivity contribution in [1.29, 1.82) is 0 Å². The van der Waals surface area contributed by atoms with E-state index in [0.717, 1.165) is 37.7 Å². The van der Waals surface area contributed by atoms with Crippen LogP contribution < -0.4 is 0 Å². The molecule has 1 aromatic carbocycles. The van der Waals surface area contributed by atoms with E-state index in [0.29, 0.717) is 17.3 Å². The number of halogens is 2. The molecule has 0 atom stereocenters. The van der Waals surface area contributed by atoms with Crippen LogP contribution in [0.5, 0.6) is 0 Å². The van der Waals surface area contributed by atoms with Gasteiger partial charge < -0.3 is 4.90 Å². The van der Waals surface area contributed by atoms with Gasteiger partial charge in [-0.2, -0.15) is 0 Å². The fourth-order valence-corrected chi connectivity index (χ4v) is 3.11. The lowest BCUT2D eigenvalue weighted by Gasteiger charge is -2.34. The zero-order valence-electron chi connectivity index (χ0n) is 12.4. The zero-order chi connectivity index (χ0) is 15.0. The minimum absolute atomic E-state index is 0.278. The van der Waals surface area contributed by atoms with Gasteiger partial charge in [0.1, 0.15) is 11.3 Å². The molecule has 0 amide bonds. The predicted molar refractivity (Wildman–Crippen MR) is 80.3 cm³/mol. The van der Waals surface area contributed by atoms with Crippen LogP contribution in [0.4, 0.5) is 8.78 Å². The van der Waals surface area contributed by atoms with Gasteiger partial charge in [0.15, 0.2) is 5.82 Å². The lowest BCUT2D eigenvalue weighted by molar-refractivity contribution is 0.171. The second kappa shape index (κ2) is 5.68. The van der Waals surface area contributed by atoms with Gasteiger partial charge in [-0.15, -0.1) is 0 Å². The van der Waals surface area contributed by atoms with Crippen molar-refractivity contribution in [3.8, 4) is 0 Å². The van der Waals surface area contributed by atoms with E-state index < -0.39 is 11.6 Å². The molecule has 1 saturated heterocycles. The third-order valence-corrected chi connectivity index (χ3v) is 4.41. The Labute approximate surface area is 123 Å². The summed E-state index contributed by atoms with van der Waals surface area (Å²) in [6.45, 7) is 6.51. The molecule has 0 bridgehead atoms. The normalized spacial score (nSPS) is 17.8. The van der Waals surface area contributed by atoms with E-state index in [1.807, 2.05) is 6.07 Å². The molecule has 21 heavy (non-hydrogen) atoms. The fourth-order valence-electron chi connectivity index (χ4n) is 3.11. The standard InChI is InChI=1S/C17H20F2N2/c1-11(2)21-7-5-12(6-8-21)16-4-3-13-9-14(18)10-15(19)17(13)20-16/h3-4,9-12H,5-8H2,1-2H3. The van der Waals surface area contributed by atoms with E-state index in [1.165, 1.54) is 6.07 Å². The summed E-state index contributed by atoms with van der Waals surface area (Å²) in [4.78, 5) is 6.90. The van der Waals surface area contributed by atoms with Crippen LogP contribution in [0, 0.1) is 11.6 Å². The number of likely N-dealkylation sites (tertiary alicyclic amines) is 1. The van der Waals surface area contributed by atoms with Crippen LogP contribution in [0.15, 0.2) is 24.3 Å². The fraction of sp³-hybridized carbons (Fsp3) is 0.471. The SMILES string of the molecule is CC(C)N1CCC(c2ccc3cc(F)cc(F)c3n2)CC1. The number of hydrogen-bond donors (Lipinski definition) is 0. The van der Waals surface area contributed by atoms with E-state index in [2.05, 4.69) is 23.7 Å². The molecule has 0 N–H and O–H groups in total. The largest absolute Gasteiger partial charge is 0.301 e. The molecule has 0 aliphatic carbocycles. The second-order valence-electron chi connectivity index (χ2n) is 6.10. The predicted octanol–water partition coefficient (Wildman–Crippen LogP) is 4.10. The average molecular weight is 290 g/mol. The Bertz CT molecular complexity index is 647. The van der Waals surface area contributed by atoms with Gasteiger partial charge in [-0.05, 0) is 51.9 Å². The molecule has 0 radical (unpaired) electrons. The highest BCUT2D eigenvalue weighted by Gasteiger charge is 2.23. The smallest absolute Gasteiger partial charge is 0.152 e. The molecular weight excluding hydrogens is 270 g/mol. The summed E-state index contributed by atoms with van der Waals surface area (Å²) in [6.07, 6.45) is 2.08. The Morgan fingerprint density at radius 3 is 2.52 bits per heavy atom. The molecule has 1 aliphatic rings. The number of benzene rings is 1. The van der Waals surface area contributed by atoms with E-state index in [4.69, 9.17) is 0 Å². The topological polar surface area (TPSA) is 16.1 Å². The summed E-state index contributed by atoms with van der Waals surface area (Å²) >= 11 is 0. The lowest BCUT2D eigenvalue weighted by Crippen LogP contribution is -2.38. The molecular formula is C17H20F2N2. The van der Waals surface area contributed by atoms with E-state index in [9.17, 15) is 8.78 Å². The first kappa shape index (κ1) is 14.4. The molecule has 4 heteroatoms. The van der Waals surface area contributed by atoms with E-state index in [-0.39, 0.29) is 5.52 Å². The number of rotatable bonds is 2. The Morgan fingerprint density at radius 2 is 1.86 bits per heavy atom. The summed E-state index contributed by atoms with van der Waals surface area (Å²) in [5.41, 5.74) is 1.21. The molecule has 1 aromatic heterocycles. The number of hydrogen-bond acceptors (Lipinski definition) is 2. The highest BCUT2D eigenvalue weighted by molar-refractivity contribution is 5.79. The van der Waals surface area contributed by atoms with Crippen LogP contribution in [0.2, 0.25) is 0 Å². The Morgan fingerprint density at radius 1 is 1.14 bits per heavy atom. The molecule has 1 aliphatic heterocycles. The summed E-state index contributed by atoms with van der Waals surface area (Å²) < 4.78 is 27.0. The molecule has 2 nitrogen and oxygen atoms in total. The summed E-state index contributed by atoms with van der Waals surface area (Å²) in [5, 5.41) is 0.524. The van der Waals surface area contributed by atoms with Crippen LogP contribution >= 0.6 is 0 Å². The van der Waals surface area contributed by atoms with Crippen molar-refractivity contribution < 1.29 is 8.78 Å². The van der Waals surface area contributed by atoms with Gasteiger partial charge in [-0.25, -0.2) is 13.8 Å². The molecule has 0 saturated carbocycles. The number of pyridine rings is 1. The van der Waals surface area contributed by atoms with Gasteiger partial charge in [-0.1, -0.05) is 6.07 Å². The van der Waals surface area contributed by atoms with Crippen molar-refractivity contribution in [3.63, 3.8) is 0 Å². The van der Waals surface area contributed by atoms with Gasteiger partial charge in [-0.3, -0.25) is 0 Å². The molecule has 112 valence electrons. The second-order valence-corrected chi connectivity index (χ2v) is 6.10. The first-order valence-electron chi connectivity index (χ1n) is 7.54. The van der Waals surface area contributed by atoms with Crippen molar-refractivity contribution in [1.82, 2.24) is 9.88 Å². The Hall–Kier alpha value is -1.55. The molecule has 2 heterocycles. The number of piperidine rings is 1. The summed E-state index contributed by atoms with van der Waals surface area (Å²) in [7, 11) is 0. The number of fused-ring (bicyclic) bond motifs is 1. The molecule has 0 spiro atoms. The maximum atomic E-state index is 13.9. The summed E-state index contributed by atoms with van der Waals surface area (Å²) in [5.74, 6) is -0.764. The zero-order valence-corrected chi connectivity index (χ0v) is 12.4. The number of aromatic nitrogens is 1. The molecule has 1 fully saturated rings. The highest BCUT2D eigenvalue weighted by Crippen LogP contribution is 2.29. The first-order valence-corrected chi connectivity index (χ1v) is 7.54. The van der Waals surface area contributed by atoms with Crippen LogP contribution in [-0.4, -0.2) is 29.0 Å². The maximum Gasteiger partial charge on any atom is 0.152 e. The van der Waals surface area contributed by atoms with Crippen LogP contribution in [0.25, 0.3) is 10.9 Å². The molecule has 2 aromatic rings. The first-order chi connectivity index (χ1) is 10.0. The Kier molecular flexibility index (Phi) is 3.89. The number of nitrogens with zero attached hydrogens (tertiary/aromatic N) is 2. The van der Waals surface area contributed by atoms with Crippen molar-refractivity contribution >= 4 is 10.9 Å². The van der Waals surface area contributed by atoms with Crippen LogP contribution in [0.1, 0.15) is 38.3 Å². The third-order valence-electron chi connectivity index (χ3n) is 4.41. The maximum absolute atomic E-state index is 13.9. The molecule has 3 rings (SSSR count). The monoisotopic (exact) mass is 290 g/mol. The minimum Gasteiger partial charge on any atom is -0.301 e. The third kappa shape index (κ3) is 2.91. The van der Waals surface area contributed by atoms with Gasteiger partial charge >= 0.3 is 0 Å².